The van der Waals surface area contributed by atoms with Gasteiger partial charge in [0.25, 0.3) is 0 Å². The summed E-state index contributed by atoms with van der Waals surface area (Å²) in [5, 5.41) is 3.78. The van der Waals surface area contributed by atoms with E-state index >= 15 is 0 Å². The zero-order chi connectivity index (χ0) is 15.3. The quantitative estimate of drug-likeness (QED) is 0.729. The van der Waals surface area contributed by atoms with E-state index in [0.717, 1.165) is 36.3 Å². The highest BCUT2D eigenvalue weighted by molar-refractivity contribution is 9.10. The van der Waals surface area contributed by atoms with Crippen molar-refractivity contribution in [1.29, 1.82) is 0 Å². The Morgan fingerprint density at radius 1 is 1.29 bits per heavy atom. The number of hydrogen-bond donors (Lipinski definition) is 1. The summed E-state index contributed by atoms with van der Waals surface area (Å²) in [6.45, 7) is 9.99. The molecule has 1 fully saturated rings. The molecule has 1 aliphatic rings. The van der Waals surface area contributed by atoms with Gasteiger partial charge in [0.1, 0.15) is 5.76 Å². The predicted octanol–water partition coefficient (Wildman–Crippen LogP) is 4.74. The maximum atomic E-state index is 5.86. The SMILES string of the molecule is CCCNC(c1occc1Br)C1(N(CC)CC)CCCC1. The molecule has 1 aliphatic carbocycles. The van der Waals surface area contributed by atoms with E-state index in [4.69, 9.17) is 4.42 Å². The van der Waals surface area contributed by atoms with Crippen LogP contribution in [0.25, 0.3) is 0 Å². The Morgan fingerprint density at radius 3 is 2.43 bits per heavy atom. The molecule has 0 saturated heterocycles. The molecule has 1 aromatic heterocycles. The van der Waals surface area contributed by atoms with Crippen LogP contribution in [0.5, 0.6) is 0 Å². The molecule has 120 valence electrons. The van der Waals surface area contributed by atoms with Crippen LogP contribution in [0.4, 0.5) is 0 Å². The Morgan fingerprint density at radius 2 is 1.95 bits per heavy atom. The van der Waals surface area contributed by atoms with Crippen molar-refractivity contribution < 1.29 is 4.42 Å². The molecule has 0 aromatic carbocycles. The first-order valence-electron chi connectivity index (χ1n) is 8.40. The van der Waals surface area contributed by atoms with Gasteiger partial charge in [0, 0.05) is 5.54 Å². The fourth-order valence-electron chi connectivity index (χ4n) is 3.95. The van der Waals surface area contributed by atoms with E-state index in [-0.39, 0.29) is 11.6 Å². The van der Waals surface area contributed by atoms with Gasteiger partial charge in [0.15, 0.2) is 0 Å². The molecule has 1 atom stereocenters. The summed E-state index contributed by atoms with van der Waals surface area (Å²) in [6.07, 6.45) is 8.08. The summed E-state index contributed by atoms with van der Waals surface area (Å²) in [5.41, 5.74) is 0.193. The highest BCUT2D eigenvalue weighted by Gasteiger charge is 2.47. The minimum Gasteiger partial charge on any atom is -0.466 e. The summed E-state index contributed by atoms with van der Waals surface area (Å²) < 4.78 is 6.96. The maximum absolute atomic E-state index is 5.86. The first kappa shape index (κ1) is 17.0. The zero-order valence-corrected chi connectivity index (χ0v) is 15.2. The molecule has 1 saturated carbocycles. The lowest BCUT2D eigenvalue weighted by atomic mass is 9.84. The molecule has 3 nitrogen and oxygen atoms in total. The fourth-order valence-corrected chi connectivity index (χ4v) is 4.39. The summed E-state index contributed by atoms with van der Waals surface area (Å²) >= 11 is 3.67. The Labute approximate surface area is 137 Å². The molecule has 1 unspecified atom stereocenters. The molecule has 0 spiro atoms. The van der Waals surface area contributed by atoms with Crippen LogP contribution in [0.2, 0.25) is 0 Å². The van der Waals surface area contributed by atoms with Crippen molar-refractivity contribution >= 4 is 15.9 Å². The van der Waals surface area contributed by atoms with E-state index < -0.39 is 0 Å². The van der Waals surface area contributed by atoms with Crippen LogP contribution in [0.15, 0.2) is 21.2 Å². The van der Waals surface area contributed by atoms with Gasteiger partial charge in [-0.3, -0.25) is 4.90 Å². The number of halogens is 1. The molecule has 1 N–H and O–H groups in total. The van der Waals surface area contributed by atoms with Gasteiger partial charge in [-0.05, 0) is 60.9 Å². The van der Waals surface area contributed by atoms with Gasteiger partial charge < -0.3 is 9.73 Å². The van der Waals surface area contributed by atoms with Crippen molar-refractivity contribution in [3.63, 3.8) is 0 Å². The van der Waals surface area contributed by atoms with Gasteiger partial charge in [0.05, 0.1) is 16.8 Å². The van der Waals surface area contributed by atoms with Crippen LogP contribution in [0.1, 0.15) is 64.7 Å². The third-order valence-corrected chi connectivity index (χ3v) is 5.56. The Balaban J connectivity index is 2.38. The molecule has 0 radical (unpaired) electrons. The van der Waals surface area contributed by atoms with E-state index in [1.807, 2.05) is 6.07 Å². The van der Waals surface area contributed by atoms with E-state index in [2.05, 4.69) is 46.9 Å². The zero-order valence-electron chi connectivity index (χ0n) is 13.6. The average Bonchev–Trinajstić information content (AvgIpc) is 3.12. The summed E-state index contributed by atoms with van der Waals surface area (Å²) in [4.78, 5) is 2.64. The van der Waals surface area contributed by atoms with Gasteiger partial charge in [-0.2, -0.15) is 0 Å². The van der Waals surface area contributed by atoms with Gasteiger partial charge >= 0.3 is 0 Å². The molecule has 21 heavy (non-hydrogen) atoms. The summed E-state index contributed by atoms with van der Waals surface area (Å²) in [7, 11) is 0. The summed E-state index contributed by atoms with van der Waals surface area (Å²) in [6, 6.07) is 2.28. The van der Waals surface area contributed by atoms with Crippen LogP contribution in [0.3, 0.4) is 0 Å². The minimum atomic E-state index is 0.193. The molecule has 1 heterocycles. The first-order valence-corrected chi connectivity index (χ1v) is 9.20. The van der Waals surface area contributed by atoms with Crippen molar-refractivity contribution in [3.05, 3.63) is 22.6 Å². The fraction of sp³-hybridized carbons (Fsp3) is 0.765. The number of hydrogen-bond acceptors (Lipinski definition) is 3. The van der Waals surface area contributed by atoms with Crippen molar-refractivity contribution in [2.75, 3.05) is 19.6 Å². The highest BCUT2D eigenvalue weighted by atomic mass is 79.9. The first-order chi connectivity index (χ1) is 10.2. The lowest BCUT2D eigenvalue weighted by molar-refractivity contribution is 0.0540. The number of furan rings is 1. The predicted molar refractivity (Wildman–Crippen MR) is 91.6 cm³/mol. The van der Waals surface area contributed by atoms with Crippen molar-refractivity contribution in [2.45, 2.75) is 64.5 Å². The number of nitrogens with zero attached hydrogens (tertiary/aromatic N) is 1. The molecular formula is C17H29BrN2O. The highest BCUT2D eigenvalue weighted by Crippen LogP contribution is 2.46. The van der Waals surface area contributed by atoms with E-state index in [9.17, 15) is 0 Å². The molecule has 0 bridgehead atoms. The second-order valence-electron chi connectivity index (χ2n) is 6.00. The molecule has 4 heteroatoms. The lowest BCUT2D eigenvalue weighted by Gasteiger charge is -2.46. The third kappa shape index (κ3) is 3.38. The second kappa shape index (κ2) is 7.80. The van der Waals surface area contributed by atoms with E-state index in [1.54, 1.807) is 6.26 Å². The normalized spacial score (nSPS) is 19.3. The Kier molecular flexibility index (Phi) is 6.33. The molecule has 0 aliphatic heterocycles. The van der Waals surface area contributed by atoms with Gasteiger partial charge in [-0.15, -0.1) is 0 Å². The molecule has 2 rings (SSSR count). The van der Waals surface area contributed by atoms with Crippen LogP contribution >= 0.6 is 15.9 Å². The van der Waals surface area contributed by atoms with Crippen LogP contribution in [-0.4, -0.2) is 30.1 Å². The largest absolute Gasteiger partial charge is 0.466 e. The summed E-state index contributed by atoms with van der Waals surface area (Å²) in [5.74, 6) is 1.07. The molecular weight excluding hydrogens is 328 g/mol. The van der Waals surface area contributed by atoms with Crippen molar-refractivity contribution in [3.8, 4) is 0 Å². The average molecular weight is 357 g/mol. The van der Waals surface area contributed by atoms with Gasteiger partial charge in [-0.25, -0.2) is 0 Å². The third-order valence-electron chi connectivity index (χ3n) is 4.91. The maximum Gasteiger partial charge on any atom is 0.136 e. The van der Waals surface area contributed by atoms with E-state index in [0.29, 0.717) is 0 Å². The van der Waals surface area contributed by atoms with E-state index in [1.165, 1.54) is 25.7 Å². The smallest absolute Gasteiger partial charge is 0.136 e. The molecule has 1 aromatic rings. The van der Waals surface area contributed by atoms with Crippen LogP contribution < -0.4 is 5.32 Å². The Bertz CT molecular complexity index is 422. The van der Waals surface area contributed by atoms with Crippen molar-refractivity contribution in [1.82, 2.24) is 10.2 Å². The van der Waals surface area contributed by atoms with Crippen LogP contribution in [-0.2, 0) is 0 Å². The number of rotatable bonds is 8. The number of nitrogens with one attached hydrogen (secondary N) is 1. The minimum absolute atomic E-state index is 0.193. The Hall–Kier alpha value is -0.320. The number of likely N-dealkylation sites (N-methyl/N-ethyl adjacent to an activating group) is 1. The molecule has 0 amide bonds. The lowest BCUT2D eigenvalue weighted by Crippen LogP contribution is -2.55. The van der Waals surface area contributed by atoms with Crippen molar-refractivity contribution in [2.24, 2.45) is 0 Å². The monoisotopic (exact) mass is 356 g/mol. The standard InChI is InChI=1S/C17H29BrN2O/c1-4-12-19-16(15-14(18)9-13-21-15)17(10-7-8-11-17)20(5-2)6-3/h9,13,16,19H,4-8,10-12H2,1-3H3. The van der Waals surface area contributed by atoms with Gasteiger partial charge in [-0.1, -0.05) is 33.6 Å². The second-order valence-corrected chi connectivity index (χ2v) is 6.86. The van der Waals surface area contributed by atoms with Gasteiger partial charge in [0.2, 0.25) is 0 Å². The van der Waals surface area contributed by atoms with Crippen LogP contribution in [0, 0.1) is 0 Å². The topological polar surface area (TPSA) is 28.4 Å².